The highest BCUT2D eigenvalue weighted by molar-refractivity contribution is 4.50. The van der Waals surface area contributed by atoms with E-state index in [1.54, 1.807) is 0 Å². The summed E-state index contributed by atoms with van der Waals surface area (Å²) < 4.78 is 0. The summed E-state index contributed by atoms with van der Waals surface area (Å²) in [6.45, 7) is 2.64. The van der Waals surface area contributed by atoms with Gasteiger partial charge in [0.05, 0.1) is 6.61 Å². The summed E-state index contributed by atoms with van der Waals surface area (Å²) in [6, 6.07) is 0. The minimum absolute atomic E-state index is 0.362. The van der Waals surface area contributed by atoms with Crippen LogP contribution in [0.1, 0.15) is 129 Å². The van der Waals surface area contributed by atoms with Crippen LogP contribution >= 0.6 is 0 Å². The Morgan fingerprint density at radius 2 is 0.710 bits per heavy atom. The monoisotopic (exact) mass is 456 g/mol. The number of rotatable bonds is 28. The molecule has 1 N–H and O–H groups in total. The zero-order valence-corrected chi connectivity index (χ0v) is 19.3. The third-order valence-electron chi connectivity index (χ3n) is 5.08. The molecule has 188 valence electrons. The van der Waals surface area contributed by atoms with Crippen LogP contribution in [-0.4, -0.2) is 11.9 Å². The standard InChI is InChI=1S/C21H44O10/c1-2-3-4-5-6-7-8-9-10-11-12-13-14-15-16-17-18-19-20-21-23-25-27-29-31-30-28-26-24-22/h22H,2-21H2,1H3. The van der Waals surface area contributed by atoms with Gasteiger partial charge in [-0.1, -0.05) is 122 Å². The van der Waals surface area contributed by atoms with Gasteiger partial charge in [0.15, 0.2) is 0 Å². The zero-order valence-electron chi connectivity index (χ0n) is 19.3. The molecule has 0 bridgehead atoms. The summed E-state index contributed by atoms with van der Waals surface area (Å²) in [5.41, 5.74) is 0. The van der Waals surface area contributed by atoms with E-state index >= 15 is 0 Å². The van der Waals surface area contributed by atoms with Crippen molar-refractivity contribution in [3.05, 3.63) is 0 Å². The normalized spacial score (nSPS) is 11.4. The molecule has 0 rings (SSSR count). The summed E-state index contributed by atoms with van der Waals surface area (Å²) >= 11 is 0. The minimum atomic E-state index is 0.362. The predicted octanol–water partition coefficient (Wildman–Crippen LogP) is 7.36. The SMILES string of the molecule is CCCCCCCCCCCCCCCCCCCCCOOOOOOOOOO. The van der Waals surface area contributed by atoms with E-state index in [1.165, 1.54) is 109 Å². The lowest BCUT2D eigenvalue weighted by Crippen LogP contribution is -2.03. The highest BCUT2D eigenvalue weighted by Gasteiger charge is 1.97. The maximum atomic E-state index is 7.66. The molecule has 0 fully saturated rings. The van der Waals surface area contributed by atoms with Crippen LogP contribution in [0.5, 0.6) is 0 Å². The molecule has 0 amide bonds. The zero-order chi connectivity index (χ0) is 22.5. The van der Waals surface area contributed by atoms with Crippen molar-refractivity contribution in [2.45, 2.75) is 129 Å². The Bertz CT molecular complexity index is 282. The van der Waals surface area contributed by atoms with Gasteiger partial charge in [0, 0.05) is 0 Å². The number of hydrogen-bond acceptors (Lipinski definition) is 10. The Balaban J connectivity index is 2.98. The van der Waals surface area contributed by atoms with Gasteiger partial charge in [-0.2, -0.15) is 0 Å². The average Bonchev–Trinajstić information content (AvgIpc) is 2.78. The quantitative estimate of drug-likeness (QED) is 0.0729. The van der Waals surface area contributed by atoms with Crippen LogP contribution in [0.4, 0.5) is 0 Å². The lowest BCUT2D eigenvalue weighted by atomic mass is 10.0. The van der Waals surface area contributed by atoms with Gasteiger partial charge in [-0.25, -0.2) is 10.1 Å². The van der Waals surface area contributed by atoms with Crippen LogP contribution in [0, 0.1) is 0 Å². The van der Waals surface area contributed by atoms with Gasteiger partial charge in [0.2, 0.25) is 0 Å². The molecule has 31 heavy (non-hydrogen) atoms. The molecule has 0 aromatic rings. The van der Waals surface area contributed by atoms with Crippen molar-refractivity contribution in [2.75, 3.05) is 6.61 Å². The summed E-state index contributed by atoms with van der Waals surface area (Å²) in [5.74, 6) is 0. The van der Waals surface area contributed by atoms with E-state index in [2.05, 4.69) is 52.1 Å². The minimum Gasteiger partial charge on any atom is -0.219 e. The van der Waals surface area contributed by atoms with Gasteiger partial charge in [0.1, 0.15) is 0 Å². The fraction of sp³-hybridized carbons (Fsp3) is 1.00. The van der Waals surface area contributed by atoms with E-state index in [1.807, 2.05) is 0 Å². The molecule has 0 saturated heterocycles. The van der Waals surface area contributed by atoms with Crippen molar-refractivity contribution < 1.29 is 50.5 Å². The van der Waals surface area contributed by atoms with E-state index in [0.29, 0.717) is 6.61 Å². The molecule has 10 nitrogen and oxygen atoms in total. The molecule has 10 heteroatoms. The first-order chi connectivity index (χ1) is 15.4. The topological polar surface area (TPSA) is 103 Å². The highest BCUT2D eigenvalue weighted by Crippen LogP contribution is 2.14. The molecule has 0 aliphatic rings. The molecule has 0 unspecified atom stereocenters. The first kappa shape index (κ1) is 30.6. The number of hydrogen-bond donors (Lipinski definition) is 1. The van der Waals surface area contributed by atoms with Gasteiger partial charge >= 0.3 is 0 Å². The first-order valence-corrected chi connectivity index (χ1v) is 12.0. The van der Waals surface area contributed by atoms with Crippen molar-refractivity contribution in [2.24, 2.45) is 0 Å². The van der Waals surface area contributed by atoms with Gasteiger partial charge in [-0.15, -0.1) is 0 Å². The summed E-state index contributed by atoms with van der Waals surface area (Å²) in [5, 5.41) is 36.9. The van der Waals surface area contributed by atoms with Crippen LogP contribution in [0.2, 0.25) is 0 Å². The summed E-state index contributed by atoms with van der Waals surface area (Å²) in [6.07, 6.45) is 25.3. The Kier molecular flexibility index (Phi) is 29.2. The molecule has 0 radical (unpaired) electrons. The Labute approximate surface area is 186 Å². The van der Waals surface area contributed by atoms with Gasteiger partial charge in [-0.05, 0) is 46.7 Å². The highest BCUT2D eigenvalue weighted by atomic mass is 17.9. The molecule has 0 aliphatic heterocycles. The summed E-state index contributed by atoms with van der Waals surface area (Å²) in [7, 11) is 0. The van der Waals surface area contributed by atoms with Crippen molar-refractivity contribution in [1.29, 1.82) is 0 Å². The smallest absolute Gasteiger partial charge is 0.0855 e. The van der Waals surface area contributed by atoms with Crippen molar-refractivity contribution in [3.8, 4) is 0 Å². The van der Waals surface area contributed by atoms with Crippen molar-refractivity contribution >= 4 is 0 Å². The van der Waals surface area contributed by atoms with Gasteiger partial charge in [-0.3, -0.25) is 0 Å². The summed E-state index contributed by atoms with van der Waals surface area (Å²) in [4.78, 5) is 4.67. The van der Waals surface area contributed by atoms with Crippen molar-refractivity contribution in [3.63, 3.8) is 0 Å². The van der Waals surface area contributed by atoms with E-state index in [0.717, 1.165) is 12.8 Å². The van der Waals surface area contributed by atoms with Crippen molar-refractivity contribution in [1.82, 2.24) is 0 Å². The van der Waals surface area contributed by atoms with Gasteiger partial charge < -0.3 is 0 Å². The molecule has 0 aliphatic carbocycles. The third-order valence-corrected chi connectivity index (χ3v) is 5.08. The van der Waals surface area contributed by atoms with E-state index < -0.39 is 0 Å². The molecular formula is C21H44O10. The maximum Gasteiger partial charge on any atom is 0.0855 e. The predicted molar refractivity (Wildman–Crippen MR) is 111 cm³/mol. The molecule has 0 heterocycles. The Hall–Kier alpha value is -0.400. The second-order valence-corrected chi connectivity index (χ2v) is 7.74. The Morgan fingerprint density at radius 3 is 1.10 bits per heavy atom. The lowest BCUT2D eigenvalue weighted by Gasteiger charge is -2.04. The number of unbranched alkanes of at least 4 members (excludes halogenated alkanes) is 18. The fourth-order valence-corrected chi connectivity index (χ4v) is 3.36. The molecule has 0 spiro atoms. The lowest BCUT2D eigenvalue weighted by molar-refractivity contribution is -0.843. The molecule has 0 saturated carbocycles. The second-order valence-electron chi connectivity index (χ2n) is 7.74. The van der Waals surface area contributed by atoms with E-state index in [9.17, 15) is 0 Å². The van der Waals surface area contributed by atoms with E-state index in [-0.39, 0.29) is 0 Å². The van der Waals surface area contributed by atoms with Crippen LogP contribution in [0.3, 0.4) is 0 Å². The van der Waals surface area contributed by atoms with Crippen LogP contribution in [0.15, 0.2) is 0 Å². The van der Waals surface area contributed by atoms with Crippen LogP contribution in [0.25, 0.3) is 0 Å². The molecule has 0 aromatic carbocycles. The first-order valence-electron chi connectivity index (χ1n) is 12.0. The second kappa shape index (κ2) is 29.6. The molecule has 0 atom stereocenters. The average molecular weight is 457 g/mol. The largest absolute Gasteiger partial charge is 0.219 e. The van der Waals surface area contributed by atoms with Crippen LogP contribution < -0.4 is 0 Å². The molecule has 0 aromatic heterocycles. The molecular weight excluding hydrogens is 412 g/mol. The van der Waals surface area contributed by atoms with E-state index in [4.69, 9.17) is 5.26 Å². The fourth-order valence-electron chi connectivity index (χ4n) is 3.36. The van der Waals surface area contributed by atoms with Gasteiger partial charge in [0.25, 0.3) is 0 Å². The van der Waals surface area contributed by atoms with Crippen LogP contribution in [-0.2, 0) is 45.2 Å². The maximum absolute atomic E-state index is 7.66. The third kappa shape index (κ3) is 29.6. The Morgan fingerprint density at radius 1 is 0.387 bits per heavy atom.